The minimum atomic E-state index is -1.20. The molecule has 1 aromatic rings. The molecule has 5 unspecified atom stereocenters. The van der Waals surface area contributed by atoms with Gasteiger partial charge >= 0.3 is 17.8 Å². The molecule has 222 valence electrons. The fourth-order valence-electron chi connectivity index (χ4n) is 7.89. The minimum absolute atomic E-state index is 0.0209. The molecule has 2 fully saturated rings. The first-order valence-corrected chi connectivity index (χ1v) is 15.4. The summed E-state index contributed by atoms with van der Waals surface area (Å²) in [5.41, 5.74) is 0.397. The Kier molecular flexibility index (Phi) is 8.52. The maximum Gasteiger partial charge on any atom is 0.397 e. The van der Waals surface area contributed by atoms with Gasteiger partial charge in [0.25, 0.3) is 0 Å². The molecule has 4 aliphatic rings. The van der Waals surface area contributed by atoms with E-state index in [1.54, 1.807) is 6.92 Å². The number of carbonyl (C=O) groups excluding carboxylic acids is 3. The quantitative estimate of drug-likeness (QED) is 0.261. The van der Waals surface area contributed by atoms with Gasteiger partial charge < -0.3 is 25.0 Å². The van der Waals surface area contributed by atoms with Crippen LogP contribution in [-0.4, -0.2) is 52.0 Å². The van der Waals surface area contributed by atoms with Crippen LogP contribution in [0.15, 0.2) is 52.5 Å². The van der Waals surface area contributed by atoms with Crippen molar-refractivity contribution >= 4 is 33.8 Å². The summed E-state index contributed by atoms with van der Waals surface area (Å²) in [6.45, 7) is 7.60. The van der Waals surface area contributed by atoms with Gasteiger partial charge in [-0.25, -0.2) is 4.79 Å². The second kappa shape index (κ2) is 11.7. The standard InChI is InChI=1S/C32H40BrNO7/c1-16-14-24-23-11-7-21-8-12-25(35)41-29(17(2)13-18(3)32(21,39)27(23)26(24)28(16)36)19(4)40-31(38)30(37)34-15-20-5-9-22(33)10-6-20/h5-7,9-11,13,16-17,19,21,23-24,26-29,36,39H,8,12,14-15H2,1-4H3,(H,34,37)/b18-13+/t16-,17+,19+,21?,23?,24-,26?,27?,28+,29?,32-/m0/s1. The first-order chi connectivity index (χ1) is 19.4. The van der Waals surface area contributed by atoms with Crippen LogP contribution in [0.4, 0.5) is 0 Å². The van der Waals surface area contributed by atoms with Crippen LogP contribution in [0, 0.1) is 41.4 Å². The Balaban J connectivity index is 1.31. The molecule has 0 bridgehead atoms. The van der Waals surface area contributed by atoms with E-state index < -0.39 is 47.7 Å². The van der Waals surface area contributed by atoms with E-state index in [9.17, 15) is 24.6 Å². The van der Waals surface area contributed by atoms with Gasteiger partial charge in [-0.05, 0) is 73.6 Å². The molecule has 5 rings (SSSR count). The zero-order chi connectivity index (χ0) is 29.6. The van der Waals surface area contributed by atoms with Gasteiger partial charge in [-0.2, -0.15) is 0 Å². The van der Waals surface area contributed by atoms with Crippen molar-refractivity contribution in [2.45, 2.75) is 77.4 Å². The van der Waals surface area contributed by atoms with Crippen LogP contribution in [0.25, 0.3) is 0 Å². The molecule has 1 amide bonds. The van der Waals surface area contributed by atoms with Crippen molar-refractivity contribution in [1.82, 2.24) is 5.32 Å². The Bertz CT molecular complexity index is 1240. The number of benzene rings is 1. The predicted molar refractivity (Wildman–Crippen MR) is 155 cm³/mol. The summed E-state index contributed by atoms with van der Waals surface area (Å²) in [6, 6.07) is 7.34. The minimum Gasteiger partial charge on any atom is -0.458 e. The molecule has 1 aromatic carbocycles. The van der Waals surface area contributed by atoms with Gasteiger partial charge in [-0.3, -0.25) is 9.59 Å². The first-order valence-electron chi connectivity index (χ1n) is 14.6. The number of carbonyl (C=O) groups is 3. The summed E-state index contributed by atoms with van der Waals surface area (Å²) in [5, 5.41) is 26.0. The molecule has 3 aliphatic carbocycles. The molecule has 0 spiro atoms. The van der Waals surface area contributed by atoms with Gasteiger partial charge in [0.05, 0.1) is 11.7 Å². The van der Waals surface area contributed by atoms with E-state index in [4.69, 9.17) is 9.47 Å². The van der Waals surface area contributed by atoms with E-state index in [0.717, 1.165) is 22.0 Å². The summed E-state index contributed by atoms with van der Waals surface area (Å²) in [5.74, 6) is -2.43. The molecular formula is C32H40BrNO7. The fourth-order valence-corrected chi connectivity index (χ4v) is 8.15. The van der Waals surface area contributed by atoms with Crippen LogP contribution in [0.5, 0.6) is 0 Å². The SMILES string of the molecule is C/C1=C\[C@@H](C)C([C@@H](C)OC(=O)C(=O)NCc2ccc(Br)cc2)OC(=O)CCC2C=CC3C(C4[C@H]3C[C@H](C)[C@H]4O)[C@]12O. The van der Waals surface area contributed by atoms with Gasteiger partial charge in [-0.15, -0.1) is 0 Å². The third-order valence-electron chi connectivity index (χ3n) is 9.98. The zero-order valence-corrected chi connectivity index (χ0v) is 25.5. The fraction of sp³-hybridized carbons (Fsp3) is 0.594. The van der Waals surface area contributed by atoms with Crippen molar-refractivity contribution in [3.63, 3.8) is 0 Å². The van der Waals surface area contributed by atoms with E-state index in [2.05, 4.69) is 40.3 Å². The molecule has 0 aromatic heterocycles. The first kappa shape index (κ1) is 30.0. The Hall–Kier alpha value is -2.49. The molecule has 1 aliphatic heterocycles. The number of esters is 2. The maximum atomic E-state index is 13.0. The second-order valence-electron chi connectivity index (χ2n) is 12.5. The largest absolute Gasteiger partial charge is 0.458 e. The van der Waals surface area contributed by atoms with E-state index in [1.807, 2.05) is 44.2 Å². The van der Waals surface area contributed by atoms with Gasteiger partial charge in [-0.1, -0.05) is 60.1 Å². The Morgan fingerprint density at radius 3 is 2.63 bits per heavy atom. The normalized spacial score (nSPS) is 39.9. The number of hydrogen-bond acceptors (Lipinski definition) is 7. The van der Waals surface area contributed by atoms with Crippen molar-refractivity contribution in [1.29, 1.82) is 0 Å². The van der Waals surface area contributed by atoms with Crippen molar-refractivity contribution < 1.29 is 34.1 Å². The number of rotatable bonds is 4. The lowest BCUT2D eigenvalue weighted by Crippen LogP contribution is -2.63. The zero-order valence-electron chi connectivity index (χ0n) is 24.0. The second-order valence-corrected chi connectivity index (χ2v) is 13.4. The summed E-state index contributed by atoms with van der Waals surface area (Å²) >= 11 is 3.36. The van der Waals surface area contributed by atoms with Crippen molar-refractivity contribution in [2.75, 3.05) is 0 Å². The summed E-state index contributed by atoms with van der Waals surface area (Å²) in [4.78, 5) is 38.0. The highest BCUT2D eigenvalue weighted by atomic mass is 79.9. The molecule has 2 saturated carbocycles. The van der Waals surface area contributed by atoms with Crippen LogP contribution in [0.1, 0.15) is 52.5 Å². The Labute approximate surface area is 249 Å². The third-order valence-corrected chi connectivity index (χ3v) is 10.5. The number of halogens is 1. The van der Waals surface area contributed by atoms with E-state index in [1.165, 1.54) is 0 Å². The lowest BCUT2D eigenvalue weighted by Gasteiger charge is -2.60. The van der Waals surface area contributed by atoms with Crippen LogP contribution in [0.3, 0.4) is 0 Å². The molecule has 11 atom stereocenters. The molecule has 0 saturated heterocycles. The van der Waals surface area contributed by atoms with Crippen LogP contribution in [-0.2, 0) is 30.4 Å². The molecule has 1 heterocycles. The Morgan fingerprint density at radius 1 is 1.22 bits per heavy atom. The highest BCUT2D eigenvalue weighted by Gasteiger charge is 2.66. The van der Waals surface area contributed by atoms with Gasteiger partial charge in [0.15, 0.2) is 0 Å². The predicted octanol–water partition coefficient (Wildman–Crippen LogP) is 4.08. The van der Waals surface area contributed by atoms with Gasteiger partial charge in [0.1, 0.15) is 12.2 Å². The highest BCUT2D eigenvalue weighted by Crippen LogP contribution is 2.65. The lowest BCUT2D eigenvalue weighted by atomic mass is 9.46. The van der Waals surface area contributed by atoms with Crippen LogP contribution in [0.2, 0.25) is 0 Å². The number of aliphatic hydroxyl groups is 2. The molecule has 41 heavy (non-hydrogen) atoms. The number of hydrogen-bond donors (Lipinski definition) is 3. The van der Waals surface area contributed by atoms with E-state index in [0.29, 0.717) is 12.3 Å². The van der Waals surface area contributed by atoms with Gasteiger partial charge in [0.2, 0.25) is 0 Å². The van der Waals surface area contributed by atoms with Crippen LogP contribution >= 0.6 is 15.9 Å². The smallest absolute Gasteiger partial charge is 0.397 e. The number of allylic oxidation sites excluding steroid dienone is 1. The monoisotopic (exact) mass is 629 g/mol. The van der Waals surface area contributed by atoms with E-state index in [-0.39, 0.29) is 42.6 Å². The molecule has 8 nitrogen and oxygen atoms in total. The number of ether oxygens (including phenoxy) is 2. The third kappa shape index (κ3) is 5.53. The summed E-state index contributed by atoms with van der Waals surface area (Å²) in [6.07, 6.45) is 5.39. The molecular weight excluding hydrogens is 590 g/mol. The number of nitrogens with one attached hydrogen (secondary N) is 1. The molecule has 9 heteroatoms. The number of cyclic esters (lactones) is 1. The van der Waals surface area contributed by atoms with Crippen molar-refractivity contribution in [3.05, 3.63) is 58.1 Å². The topological polar surface area (TPSA) is 122 Å². The lowest BCUT2D eigenvalue weighted by molar-refractivity contribution is -0.176. The number of aliphatic hydroxyl groups excluding tert-OH is 1. The number of amides is 1. The Morgan fingerprint density at radius 2 is 1.93 bits per heavy atom. The van der Waals surface area contributed by atoms with E-state index >= 15 is 0 Å². The average molecular weight is 631 g/mol. The molecule has 3 N–H and O–H groups in total. The van der Waals surface area contributed by atoms with Crippen molar-refractivity contribution in [2.24, 2.45) is 41.4 Å². The van der Waals surface area contributed by atoms with Gasteiger partial charge in [0, 0.05) is 35.2 Å². The summed E-state index contributed by atoms with van der Waals surface area (Å²) < 4.78 is 12.2. The molecule has 0 radical (unpaired) electrons. The maximum absolute atomic E-state index is 13.0. The highest BCUT2D eigenvalue weighted by molar-refractivity contribution is 9.10. The van der Waals surface area contributed by atoms with Crippen LogP contribution < -0.4 is 5.32 Å². The average Bonchev–Trinajstić information content (AvgIpc) is 3.16. The number of fused-ring (bicyclic) bond motifs is 6. The van der Waals surface area contributed by atoms with Crippen molar-refractivity contribution in [3.8, 4) is 0 Å². The summed E-state index contributed by atoms with van der Waals surface area (Å²) in [7, 11) is 0.